The van der Waals surface area contributed by atoms with Crippen molar-refractivity contribution in [2.75, 3.05) is 30.9 Å². The Morgan fingerprint density at radius 1 is 1.32 bits per heavy atom. The van der Waals surface area contributed by atoms with Crippen LogP contribution in [-0.4, -0.2) is 47.5 Å². The highest BCUT2D eigenvalue weighted by molar-refractivity contribution is 5.73. The van der Waals surface area contributed by atoms with Gasteiger partial charge >= 0.3 is 0 Å². The van der Waals surface area contributed by atoms with Gasteiger partial charge in [0.15, 0.2) is 0 Å². The second-order valence-electron chi connectivity index (χ2n) is 6.17. The van der Waals surface area contributed by atoms with E-state index in [-0.39, 0.29) is 5.91 Å². The summed E-state index contributed by atoms with van der Waals surface area (Å²) in [4.78, 5) is 24.7. The van der Waals surface area contributed by atoms with E-state index in [1.54, 1.807) is 6.92 Å². The smallest absolute Gasteiger partial charge is 0.227 e. The van der Waals surface area contributed by atoms with Gasteiger partial charge in [0.05, 0.1) is 12.2 Å². The lowest BCUT2D eigenvalue weighted by Gasteiger charge is -2.30. The molecule has 0 unspecified atom stereocenters. The maximum atomic E-state index is 11.6. The van der Waals surface area contributed by atoms with Crippen LogP contribution in [0, 0.1) is 0 Å². The van der Waals surface area contributed by atoms with E-state index in [1.165, 1.54) is 0 Å². The monoisotopic (exact) mass is 301 g/mol. The lowest BCUT2D eigenvalue weighted by Crippen LogP contribution is -2.36. The zero-order valence-corrected chi connectivity index (χ0v) is 13.5. The first-order valence-electron chi connectivity index (χ1n) is 7.78. The number of carbonyl (C=O) groups is 1. The van der Waals surface area contributed by atoms with Gasteiger partial charge in [0.1, 0.15) is 5.82 Å². The average Bonchev–Trinajstić information content (AvgIpc) is 2.99. The quantitative estimate of drug-likeness (QED) is 0.859. The summed E-state index contributed by atoms with van der Waals surface area (Å²) in [5.41, 5.74) is 2.13. The Hall–Kier alpha value is -2.11. The van der Waals surface area contributed by atoms with E-state index in [9.17, 15) is 4.79 Å². The third kappa shape index (κ3) is 2.91. The Kier molecular flexibility index (Phi) is 4.00. The Bertz CT molecular complexity index is 603. The van der Waals surface area contributed by atoms with Gasteiger partial charge in [0, 0.05) is 39.2 Å². The zero-order chi connectivity index (χ0) is 15.7. The highest BCUT2D eigenvalue weighted by Gasteiger charge is 2.25. The van der Waals surface area contributed by atoms with Gasteiger partial charge in [-0.15, -0.1) is 0 Å². The lowest BCUT2D eigenvalue weighted by atomic mass is 10.0. The van der Waals surface area contributed by atoms with Crippen molar-refractivity contribution in [3.8, 4) is 0 Å². The predicted octanol–water partition coefficient (Wildman–Crippen LogP) is 1.58. The summed E-state index contributed by atoms with van der Waals surface area (Å²) in [6.45, 7) is 2.93. The molecule has 1 amide bonds. The van der Waals surface area contributed by atoms with Crippen LogP contribution in [0.15, 0.2) is 12.2 Å². The van der Waals surface area contributed by atoms with Gasteiger partial charge in [0.2, 0.25) is 11.9 Å². The molecule has 118 valence electrons. The Morgan fingerprint density at radius 2 is 2.05 bits per heavy atom. The summed E-state index contributed by atoms with van der Waals surface area (Å²) in [5.74, 6) is 1.73. The van der Waals surface area contributed by atoms with Crippen molar-refractivity contribution >= 4 is 17.7 Å². The molecule has 22 heavy (non-hydrogen) atoms. The summed E-state index contributed by atoms with van der Waals surface area (Å²) in [6.07, 6.45) is 7.29. The van der Waals surface area contributed by atoms with Gasteiger partial charge in [-0.1, -0.05) is 12.2 Å². The molecule has 6 heteroatoms. The summed E-state index contributed by atoms with van der Waals surface area (Å²) in [6, 6.07) is 0.417. The van der Waals surface area contributed by atoms with Crippen molar-refractivity contribution in [3.05, 3.63) is 23.4 Å². The third-order valence-electron chi connectivity index (χ3n) is 4.25. The van der Waals surface area contributed by atoms with E-state index in [1.807, 2.05) is 23.9 Å². The molecule has 0 fully saturated rings. The molecule has 1 N–H and O–H groups in total. The number of hydrogen-bond donors (Lipinski definition) is 1. The number of amides is 1. The molecule has 1 aromatic heterocycles. The number of rotatable bonds is 3. The fourth-order valence-corrected chi connectivity index (χ4v) is 2.93. The van der Waals surface area contributed by atoms with Crippen LogP contribution in [0.5, 0.6) is 0 Å². The largest absolute Gasteiger partial charge is 0.366 e. The molecular formula is C16H23N5O. The molecule has 0 saturated heterocycles. The minimum Gasteiger partial charge on any atom is -0.366 e. The summed E-state index contributed by atoms with van der Waals surface area (Å²) in [7, 11) is 3.88. The standard InChI is InChI=1S/C16H23N5O/c1-11(22)21-9-8-13-14(10-21)18-16(20(2)3)19-15(13)17-12-6-4-5-7-12/h4-5,12H,6-10H2,1-3H3,(H,17,18,19). The second kappa shape index (κ2) is 5.94. The van der Waals surface area contributed by atoms with Gasteiger partial charge in [-0.2, -0.15) is 4.98 Å². The minimum absolute atomic E-state index is 0.102. The van der Waals surface area contributed by atoms with Crippen molar-refractivity contribution in [3.63, 3.8) is 0 Å². The van der Waals surface area contributed by atoms with Crippen LogP contribution >= 0.6 is 0 Å². The normalized spacial score (nSPS) is 17.5. The van der Waals surface area contributed by atoms with Gasteiger partial charge in [0.25, 0.3) is 0 Å². The second-order valence-corrected chi connectivity index (χ2v) is 6.17. The van der Waals surface area contributed by atoms with Crippen molar-refractivity contribution in [2.45, 2.75) is 38.8 Å². The van der Waals surface area contributed by atoms with Gasteiger partial charge in [-0.3, -0.25) is 4.79 Å². The van der Waals surface area contributed by atoms with Crippen LogP contribution in [0.3, 0.4) is 0 Å². The van der Waals surface area contributed by atoms with Crippen LogP contribution in [0.25, 0.3) is 0 Å². The molecule has 6 nitrogen and oxygen atoms in total. The number of hydrogen-bond acceptors (Lipinski definition) is 5. The number of anilines is 2. The number of fused-ring (bicyclic) bond motifs is 1. The van der Waals surface area contributed by atoms with E-state index >= 15 is 0 Å². The molecule has 0 bridgehead atoms. The predicted molar refractivity (Wildman–Crippen MR) is 86.9 cm³/mol. The van der Waals surface area contributed by atoms with Crippen molar-refractivity contribution in [2.24, 2.45) is 0 Å². The summed E-state index contributed by atoms with van der Waals surface area (Å²) >= 11 is 0. The summed E-state index contributed by atoms with van der Waals surface area (Å²) in [5, 5.41) is 3.56. The highest BCUT2D eigenvalue weighted by Crippen LogP contribution is 2.27. The van der Waals surface area contributed by atoms with Gasteiger partial charge in [-0.05, 0) is 19.3 Å². The Balaban J connectivity index is 1.92. The SMILES string of the molecule is CC(=O)N1CCc2c(nc(N(C)C)nc2NC2CC=CC2)C1. The van der Waals surface area contributed by atoms with E-state index in [4.69, 9.17) is 4.98 Å². The van der Waals surface area contributed by atoms with Crippen LogP contribution in [-0.2, 0) is 17.8 Å². The van der Waals surface area contributed by atoms with E-state index in [2.05, 4.69) is 22.5 Å². The zero-order valence-electron chi connectivity index (χ0n) is 13.5. The fraction of sp³-hybridized carbons (Fsp3) is 0.562. The lowest BCUT2D eigenvalue weighted by molar-refractivity contribution is -0.129. The van der Waals surface area contributed by atoms with E-state index in [0.29, 0.717) is 18.5 Å². The van der Waals surface area contributed by atoms with Crippen molar-refractivity contribution < 1.29 is 4.79 Å². The minimum atomic E-state index is 0.102. The number of carbonyl (C=O) groups excluding carboxylic acids is 1. The van der Waals surface area contributed by atoms with Gasteiger partial charge < -0.3 is 15.1 Å². The molecule has 1 aromatic rings. The van der Waals surface area contributed by atoms with Crippen LogP contribution < -0.4 is 10.2 Å². The molecule has 0 atom stereocenters. The maximum Gasteiger partial charge on any atom is 0.227 e. The Labute approximate surface area is 131 Å². The van der Waals surface area contributed by atoms with Crippen molar-refractivity contribution in [1.29, 1.82) is 0 Å². The first-order valence-corrected chi connectivity index (χ1v) is 7.78. The molecule has 3 rings (SSSR count). The number of nitrogens with one attached hydrogen (secondary N) is 1. The molecule has 0 saturated carbocycles. The fourth-order valence-electron chi connectivity index (χ4n) is 2.93. The molecule has 1 aliphatic carbocycles. The molecule has 2 heterocycles. The molecule has 2 aliphatic rings. The maximum absolute atomic E-state index is 11.6. The highest BCUT2D eigenvalue weighted by atomic mass is 16.2. The van der Waals surface area contributed by atoms with E-state index < -0.39 is 0 Å². The van der Waals surface area contributed by atoms with Crippen molar-refractivity contribution in [1.82, 2.24) is 14.9 Å². The Morgan fingerprint density at radius 3 is 2.68 bits per heavy atom. The van der Waals surface area contributed by atoms with Crippen LogP contribution in [0.1, 0.15) is 31.0 Å². The molecule has 0 aromatic carbocycles. The van der Waals surface area contributed by atoms with E-state index in [0.717, 1.165) is 42.9 Å². The first-order chi connectivity index (χ1) is 10.5. The van der Waals surface area contributed by atoms with Crippen LogP contribution in [0.4, 0.5) is 11.8 Å². The number of nitrogens with zero attached hydrogens (tertiary/aromatic N) is 4. The summed E-state index contributed by atoms with van der Waals surface area (Å²) < 4.78 is 0. The molecule has 0 spiro atoms. The van der Waals surface area contributed by atoms with Gasteiger partial charge in [-0.25, -0.2) is 4.98 Å². The number of aromatic nitrogens is 2. The molecule has 1 aliphatic heterocycles. The van der Waals surface area contributed by atoms with Crippen LogP contribution in [0.2, 0.25) is 0 Å². The molecule has 0 radical (unpaired) electrons. The third-order valence-corrected chi connectivity index (χ3v) is 4.25. The topological polar surface area (TPSA) is 61.4 Å². The average molecular weight is 301 g/mol. The first kappa shape index (κ1) is 14.8. The molecular weight excluding hydrogens is 278 g/mol.